The van der Waals surface area contributed by atoms with Crippen LogP contribution in [0.25, 0.3) is 22.7 Å². The predicted molar refractivity (Wildman–Crippen MR) is 111 cm³/mol. The molecule has 2 heterocycles. The fourth-order valence-corrected chi connectivity index (χ4v) is 3.07. The summed E-state index contributed by atoms with van der Waals surface area (Å²) in [7, 11) is 0. The Morgan fingerprint density at radius 3 is 2.30 bits per heavy atom. The second-order valence-electron chi connectivity index (χ2n) is 6.92. The van der Waals surface area contributed by atoms with E-state index in [0.717, 1.165) is 0 Å². The molecule has 0 spiro atoms. The number of alkyl halides is 3. The molecule has 33 heavy (non-hydrogen) atoms. The molecule has 0 aliphatic carbocycles. The maximum Gasteiger partial charge on any atom is 0.573 e. The molecule has 0 aliphatic heterocycles. The van der Waals surface area contributed by atoms with Gasteiger partial charge in [0.2, 0.25) is 5.89 Å². The van der Waals surface area contributed by atoms with Crippen LogP contribution in [-0.4, -0.2) is 20.8 Å². The highest BCUT2D eigenvalue weighted by Gasteiger charge is 2.31. The summed E-state index contributed by atoms with van der Waals surface area (Å²) >= 11 is 0. The lowest BCUT2D eigenvalue weighted by Crippen LogP contribution is -2.19. The van der Waals surface area contributed by atoms with Gasteiger partial charge in [-0.1, -0.05) is 12.1 Å². The second-order valence-corrected chi connectivity index (χ2v) is 6.92. The Labute approximate surface area is 183 Å². The number of halogens is 3. The summed E-state index contributed by atoms with van der Waals surface area (Å²) in [5.74, 6) is -0.147. The molecule has 0 bridgehead atoms. The van der Waals surface area contributed by atoms with E-state index in [2.05, 4.69) is 9.72 Å². The lowest BCUT2D eigenvalue weighted by molar-refractivity contribution is -0.384. The highest BCUT2D eigenvalue weighted by molar-refractivity contribution is 5.63. The van der Waals surface area contributed by atoms with Crippen LogP contribution in [0.15, 0.2) is 82.3 Å². The molecule has 4 rings (SSSR count). The standard InChI is InChI=1S/C22H14F3N3O5/c23-22(24,25)33-18-8-3-15(4-9-18)19-13-32-21(26-19)16-5-10-20(29)27(12-16)11-14-1-6-17(7-2-14)28(30)31/h1-10,12-13H,11H2. The minimum Gasteiger partial charge on any atom is -0.444 e. The van der Waals surface area contributed by atoms with Crippen LogP contribution in [-0.2, 0) is 6.54 Å². The highest BCUT2D eigenvalue weighted by atomic mass is 19.4. The van der Waals surface area contributed by atoms with Gasteiger partial charge in [-0.2, -0.15) is 0 Å². The van der Waals surface area contributed by atoms with Gasteiger partial charge in [0.1, 0.15) is 17.7 Å². The molecular weight excluding hydrogens is 443 g/mol. The Hall–Kier alpha value is -4.41. The first-order valence-electron chi connectivity index (χ1n) is 9.44. The van der Waals surface area contributed by atoms with Gasteiger partial charge in [0.25, 0.3) is 11.2 Å². The van der Waals surface area contributed by atoms with Gasteiger partial charge < -0.3 is 13.7 Å². The number of aromatic nitrogens is 2. The Morgan fingerprint density at radius 1 is 1.00 bits per heavy atom. The Balaban J connectivity index is 1.54. The lowest BCUT2D eigenvalue weighted by Gasteiger charge is -2.08. The number of nitro groups is 1. The Kier molecular flexibility index (Phi) is 5.69. The summed E-state index contributed by atoms with van der Waals surface area (Å²) in [6, 6.07) is 13.9. The number of non-ortho nitro benzene ring substituents is 1. The average molecular weight is 457 g/mol. The van der Waals surface area contributed by atoms with Crippen molar-refractivity contribution in [1.82, 2.24) is 9.55 Å². The van der Waals surface area contributed by atoms with Crippen LogP contribution in [0.5, 0.6) is 5.75 Å². The number of ether oxygens (including phenoxy) is 1. The monoisotopic (exact) mass is 457 g/mol. The highest BCUT2D eigenvalue weighted by Crippen LogP contribution is 2.28. The number of nitrogens with zero attached hydrogens (tertiary/aromatic N) is 3. The fraction of sp³-hybridized carbons (Fsp3) is 0.0909. The molecule has 0 fully saturated rings. The number of pyridine rings is 1. The van der Waals surface area contributed by atoms with E-state index in [-0.39, 0.29) is 29.4 Å². The van der Waals surface area contributed by atoms with E-state index in [0.29, 0.717) is 22.4 Å². The molecule has 8 nitrogen and oxygen atoms in total. The molecule has 4 aromatic rings. The normalized spacial score (nSPS) is 11.4. The molecule has 0 unspecified atom stereocenters. The molecule has 11 heteroatoms. The molecule has 2 aromatic carbocycles. The van der Waals surface area contributed by atoms with Crippen LogP contribution in [0.2, 0.25) is 0 Å². The van der Waals surface area contributed by atoms with Gasteiger partial charge in [-0.05, 0) is 35.9 Å². The third-order valence-corrected chi connectivity index (χ3v) is 4.62. The third-order valence-electron chi connectivity index (χ3n) is 4.62. The summed E-state index contributed by atoms with van der Waals surface area (Å²) < 4.78 is 47.7. The topological polar surface area (TPSA) is 100 Å². The first kappa shape index (κ1) is 21.8. The van der Waals surface area contributed by atoms with Crippen LogP contribution < -0.4 is 10.3 Å². The SMILES string of the molecule is O=c1ccc(-c2nc(-c3ccc(OC(F)(F)F)cc3)co2)cn1Cc1ccc([N+](=O)[O-])cc1. The maximum absolute atomic E-state index is 12.3. The van der Waals surface area contributed by atoms with Crippen molar-refractivity contribution in [3.63, 3.8) is 0 Å². The van der Waals surface area contributed by atoms with Gasteiger partial charge in [-0.25, -0.2) is 4.98 Å². The van der Waals surface area contributed by atoms with Gasteiger partial charge in [-0.15, -0.1) is 13.2 Å². The van der Waals surface area contributed by atoms with Crippen LogP contribution in [0, 0.1) is 10.1 Å². The van der Waals surface area contributed by atoms with Crippen LogP contribution >= 0.6 is 0 Å². The molecule has 0 radical (unpaired) electrons. The van der Waals surface area contributed by atoms with E-state index in [4.69, 9.17) is 4.42 Å². The number of rotatable bonds is 6. The summed E-state index contributed by atoms with van der Waals surface area (Å²) in [4.78, 5) is 26.9. The molecule has 2 aromatic heterocycles. The number of benzene rings is 2. The van der Waals surface area contributed by atoms with Crippen molar-refractivity contribution in [3.8, 4) is 28.5 Å². The largest absolute Gasteiger partial charge is 0.573 e. The van der Waals surface area contributed by atoms with Crippen molar-refractivity contribution in [2.45, 2.75) is 12.9 Å². The van der Waals surface area contributed by atoms with Crippen molar-refractivity contribution >= 4 is 5.69 Å². The van der Waals surface area contributed by atoms with Crippen LogP contribution in [0.1, 0.15) is 5.56 Å². The van der Waals surface area contributed by atoms with Crippen molar-refractivity contribution in [3.05, 3.63) is 99.2 Å². The van der Waals surface area contributed by atoms with Gasteiger partial charge in [0, 0.05) is 30.0 Å². The summed E-state index contributed by atoms with van der Waals surface area (Å²) in [6.45, 7) is 0.179. The third kappa shape index (κ3) is 5.26. The lowest BCUT2D eigenvalue weighted by atomic mass is 10.1. The first-order valence-corrected chi connectivity index (χ1v) is 9.44. The quantitative estimate of drug-likeness (QED) is 0.298. The van der Waals surface area contributed by atoms with Gasteiger partial charge in [-0.3, -0.25) is 14.9 Å². The van der Waals surface area contributed by atoms with E-state index in [1.54, 1.807) is 18.3 Å². The van der Waals surface area contributed by atoms with Crippen molar-refractivity contribution in [2.75, 3.05) is 0 Å². The van der Waals surface area contributed by atoms with Crippen LogP contribution in [0.3, 0.4) is 0 Å². The maximum atomic E-state index is 12.3. The fourth-order valence-electron chi connectivity index (χ4n) is 3.07. The number of nitro benzene ring substituents is 1. The van der Waals surface area contributed by atoms with Gasteiger partial charge in [0.15, 0.2) is 0 Å². The smallest absolute Gasteiger partial charge is 0.444 e. The van der Waals surface area contributed by atoms with E-state index < -0.39 is 11.3 Å². The molecular formula is C22H14F3N3O5. The van der Waals surface area contributed by atoms with Crippen molar-refractivity contribution in [1.29, 1.82) is 0 Å². The summed E-state index contributed by atoms with van der Waals surface area (Å²) in [5.41, 5.74) is 1.75. The Morgan fingerprint density at radius 2 is 1.67 bits per heavy atom. The summed E-state index contributed by atoms with van der Waals surface area (Å²) in [6.07, 6.45) is -1.89. The van der Waals surface area contributed by atoms with Gasteiger partial charge >= 0.3 is 6.36 Å². The van der Waals surface area contributed by atoms with E-state index in [9.17, 15) is 28.1 Å². The zero-order valence-electron chi connectivity index (χ0n) is 16.7. The predicted octanol–water partition coefficient (Wildman–Crippen LogP) is 5.03. The van der Waals surface area contributed by atoms with Gasteiger partial charge in [0.05, 0.1) is 17.0 Å². The number of hydrogen-bond donors (Lipinski definition) is 0. The zero-order valence-corrected chi connectivity index (χ0v) is 16.7. The molecule has 0 atom stereocenters. The summed E-state index contributed by atoms with van der Waals surface area (Å²) in [5, 5.41) is 10.8. The van der Waals surface area contributed by atoms with Crippen molar-refractivity contribution in [2.24, 2.45) is 0 Å². The Bertz CT molecular complexity index is 1340. The van der Waals surface area contributed by atoms with E-state index in [1.807, 2.05) is 0 Å². The minimum atomic E-state index is -4.78. The van der Waals surface area contributed by atoms with Crippen molar-refractivity contribution < 1.29 is 27.2 Å². The minimum absolute atomic E-state index is 0.0508. The molecule has 0 aliphatic rings. The van der Waals surface area contributed by atoms with E-state index >= 15 is 0 Å². The molecule has 168 valence electrons. The van der Waals surface area contributed by atoms with Crippen LogP contribution in [0.4, 0.5) is 18.9 Å². The molecule has 0 amide bonds. The zero-order chi connectivity index (χ0) is 23.6. The number of hydrogen-bond acceptors (Lipinski definition) is 6. The first-order chi connectivity index (χ1) is 15.7. The molecule has 0 saturated heterocycles. The second kappa shape index (κ2) is 8.61. The number of oxazole rings is 1. The van der Waals surface area contributed by atoms with E-state index in [1.165, 1.54) is 59.4 Å². The molecule has 0 N–H and O–H groups in total. The average Bonchev–Trinajstić information content (AvgIpc) is 3.25. The molecule has 0 saturated carbocycles.